The molecule has 1 saturated heterocycles. The van der Waals surface area contributed by atoms with Crippen molar-refractivity contribution in [1.29, 1.82) is 0 Å². The molecule has 0 bridgehead atoms. The van der Waals surface area contributed by atoms with Crippen molar-refractivity contribution in [3.8, 4) is 0 Å². The molecule has 1 aromatic heterocycles. The van der Waals surface area contributed by atoms with Crippen molar-refractivity contribution in [1.82, 2.24) is 9.88 Å². The smallest absolute Gasteiger partial charge is 0.326 e. The van der Waals surface area contributed by atoms with Gasteiger partial charge in [0, 0.05) is 12.4 Å². The molecule has 0 saturated carbocycles. The number of rotatable bonds is 3. The van der Waals surface area contributed by atoms with E-state index < -0.39 is 12.0 Å². The predicted octanol–water partition coefficient (Wildman–Crippen LogP) is 1.76. The van der Waals surface area contributed by atoms with Crippen LogP contribution < -0.4 is 0 Å². The quantitative estimate of drug-likeness (QED) is 0.676. The molecule has 1 N–H and O–H groups in total. The fourth-order valence-electron chi connectivity index (χ4n) is 1.54. The SMILES string of the molecule is C[C@H](C(=O)O)N1C(=O)/C(=C/c2cccnc2)SC1=S. The van der Waals surface area contributed by atoms with Gasteiger partial charge in [-0.15, -0.1) is 0 Å². The van der Waals surface area contributed by atoms with Crippen molar-refractivity contribution in [3.05, 3.63) is 35.0 Å². The molecule has 7 heteroatoms. The van der Waals surface area contributed by atoms with Gasteiger partial charge in [0.1, 0.15) is 10.4 Å². The van der Waals surface area contributed by atoms with E-state index in [0.717, 1.165) is 22.2 Å². The number of aromatic nitrogens is 1. The Morgan fingerprint density at radius 3 is 2.95 bits per heavy atom. The van der Waals surface area contributed by atoms with Gasteiger partial charge in [0.15, 0.2) is 0 Å². The van der Waals surface area contributed by atoms with Gasteiger partial charge in [-0.25, -0.2) is 4.79 Å². The van der Waals surface area contributed by atoms with Gasteiger partial charge in [0.2, 0.25) is 0 Å². The number of amides is 1. The van der Waals surface area contributed by atoms with Crippen LogP contribution in [0.1, 0.15) is 12.5 Å². The summed E-state index contributed by atoms with van der Waals surface area (Å²) in [6.45, 7) is 1.43. The first-order valence-corrected chi connectivity index (χ1v) is 6.63. The zero-order valence-electron chi connectivity index (χ0n) is 9.94. The minimum absolute atomic E-state index is 0.259. The van der Waals surface area contributed by atoms with Crippen molar-refractivity contribution < 1.29 is 14.7 Å². The molecule has 2 heterocycles. The van der Waals surface area contributed by atoms with Crippen LogP contribution in [0.2, 0.25) is 0 Å². The van der Waals surface area contributed by atoms with Gasteiger partial charge in [0.05, 0.1) is 4.91 Å². The van der Waals surface area contributed by atoms with Crippen molar-refractivity contribution in [3.63, 3.8) is 0 Å². The van der Waals surface area contributed by atoms with Crippen LogP contribution in [0.15, 0.2) is 29.4 Å². The van der Waals surface area contributed by atoms with Crippen LogP contribution in [0.3, 0.4) is 0 Å². The van der Waals surface area contributed by atoms with Crippen molar-refractivity contribution in [2.75, 3.05) is 0 Å². The Labute approximate surface area is 119 Å². The molecule has 0 radical (unpaired) electrons. The van der Waals surface area contributed by atoms with Gasteiger partial charge in [-0.3, -0.25) is 14.7 Å². The summed E-state index contributed by atoms with van der Waals surface area (Å²) in [5.74, 6) is -1.47. The summed E-state index contributed by atoms with van der Waals surface area (Å²) in [7, 11) is 0. The molecule has 0 spiro atoms. The Kier molecular flexibility index (Phi) is 3.96. The summed E-state index contributed by atoms with van der Waals surface area (Å²) in [5.41, 5.74) is 0.769. The van der Waals surface area contributed by atoms with Gasteiger partial charge in [-0.2, -0.15) is 0 Å². The second-order valence-corrected chi connectivity index (χ2v) is 5.53. The Balaban J connectivity index is 2.28. The zero-order valence-corrected chi connectivity index (χ0v) is 11.6. The number of carboxylic acid groups (broad SMARTS) is 1. The van der Waals surface area contributed by atoms with Crippen molar-refractivity contribution in [2.45, 2.75) is 13.0 Å². The first-order valence-electron chi connectivity index (χ1n) is 5.40. The normalized spacial score (nSPS) is 19.0. The van der Waals surface area contributed by atoms with E-state index in [1.807, 2.05) is 0 Å². The van der Waals surface area contributed by atoms with Crippen LogP contribution in [0.25, 0.3) is 6.08 Å². The first-order chi connectivity index (χ1) is 9.00. The Hall–Kier alpha value is -1.73. The predicted molar refractivity (Wildman–Crippen MR) is 76.3 cm³/mol. The first kappa shape index (κ1) is 13.7. The molecule has 1 aliphatic heterocycles. The average molecular weight is 294 g/mol. The molecule has 98 valence electrons. The molecule has 1 aromatic rings. The van der Waals surface area contributed by atoms with Crippen molar-refractivity contribution in [2.24, 2.45) is 0 Å². The third-order valence-corrected chi connectivity index (χ3v) is 3.88. The van der Waals surface area contributed by atoms with Crippen LogP contribution in [0.4, 0.5) is 0 Å². The summed E-state index contributed by atoms with van der Waals surface area (Å²) < 4.78 is 0.259. The molecule has 0 aromatic carbocycles. The number of aliphatic carboxylic acids is 1. The van der Waals surface area contributed by atoms with E-state index in [2.05, 4.69) is 4.98 Å². The molecule has 1 amide bonds. The van der Waals surface area contributed by atoms with Gasteiger partial charge in [0.25, 0.3) is 5.91 Å². The number of hydrogen-bond acceptors (Lipinski definition) is 5. The summed E-state index contributed by atoms with van der Waals surface area (Å²) in [6.07, 6.45) is 4.91. The lowest BCUT2D eigenvalue weighted by molar-refractivity contribution is -0.144. The van der Waals surface area contributed by atoms with Crippen LogP contribution in [0, 0.1) is 0 Å². The number of carbonyl (C=O) groups excluding carboxylic acids is 1. The molecular weight excluding hydrogens is 284 g/mol. The molecule has 1 fully saturated rings. The number of carbonyl (C=O) groups is 2. The van der Waals surface area contributed by atoms with E-state index in [0.29, 0.717) is 4.91 Å². The average Bonchev–Trinajstić information content (AvgIpc) is 2.65. The van der Waals surface area contributed by atoms with Gasteiger partial charge >= 0.3 is 5.97 Å². The molecule has 1 aliphatic rings. The van der Waals surface area contributed by atoms with E-state index in [1.165, 1.54) is 6.92 Å². The van der Waals surface area contributed by atoms with Gasteiger partial charge in [-0.1, -0.05) is 30.0 Å². The summed E-state index contributed by atoms with van der Waals surface area (Å²) in [4.78, 5) is 28.6. The maximum atomic E-state index is 12.1. The largest absolute Gasteiger partial charge is 0.480 e. The van der Waals surface area contributed by atoms with Crippen LogP contribution in [-0.4, -0.2) is 37.2 Å². The van der Waals surface area contributed by atoms with Gasteiger partial charge in [-0.05, 0) is 24.6 Å². The monoisotopic (exact) mass is 294 g/mol. The fourth-order valence-corrected chi connectivity index (χ4v) is 2.96. The number of carboxylic acids is 1. The molecular formula is C12H10N2O3S2. The molecule has 19 heavy (non-hydrogen) atoms. The van der Waals surface area contributed by atoms with E-state index in [4.69, 9.17) is 17.3 Å². The second-order valence-electron chi connectivity index (χ2n) is 3.85. The lowest BCUT2D eigenvalue weighted by Crippen LogP contribution is -2.41. The third-order valence-electron chi connectivity index (χ3n) is 2.55. The summed E-state index contributed by atoms with van der Waals surface area (Å²) in [6, 6.07) is 2.60. The van der Waals surface area contributed by atoms with Crippen LogP contribution >= 0.6 is 24.0 Å². The molecule has 0 unspecified atom stereocenters. The minimum atomic E-state index is -1.08. The Morgan fingerprint density at radius 1 is 1.63 bits per heavy atom. The maximum absolute atomic E-state index is 12.1. The highest BCUT2D eigenvalue weighted by Gasteiger charge is 2.38. The minimum Gasteiger partial charge on any atom is -0.480 e. The summed E-state index contributed by atoms with van der Waals surface area (Å²) >= 11 is 6.15. The topological polar surface area (TPSA) is 70.5 Å². The number of pyridine rings is 1. The van der Waals surface area contributed by atoms with Crippen molar-refractivity contribution >= 4 is 46.3 Å². The zero-order chi connectivity index (χ0) is 14.0. The lowest BCUT2D eigenvalue weighted by atomic mass is 10.2. The number of thioether (sulfide) groups is 1. The van der Waals surface area contributed by atoms with E-state index >= 15 is 0 Å². The number of thiocarbonyl (C=S) groups is 1. The van der Waals surface area contributed by atoms with Gasteiger partial charge < -0.3 is 5.11 Å². The van der Waals surface area contributed by atoms with E-state index in [-0.39, 0.29) is 10.2 Å². The Morgan fingerprint density at radius 2 is 2.37 bits per heavy atom. The molecule has 1 atom stereocenters. The Bertz CT molecular complexity index is 572. The molecule has 0 aliphatic carbocycles. The van der Waals surface area contributed by atoms with Crippen LogP contribution in [-0.2, 0) is 9.59 Å². The number of nitrogens with zero attached hydrogens (tertiary/aromatic N) is 2. The highest BCUT2D eigenvalue weighted by atomic mass is 32.2. The fraction of sp³-hybridized carbons (Fsp3) is 0.167. The highest BCUT2D eigenvalue weighted by Crippen LogP contribution is 2.33. The van der Waals surface area contributed by atoms with E-state index in [1.54, 1.807) is 30.6 Å². The molecule has 2 rings (SSSR count). The van der Waals surface area contributed by atoms with Crippen LogP contribution in [0.5, 0.6) is 0 Å². The maximum Gasteiger partial charge on any atom is 0.326 e. The third kappa shape index (κ3) is 2.82. The standard InChI is InChI=1S/C12H10N2O3S2/c1-7(11(16)17)14-10(15)9(19-12(14)18)5-8-3-2-4-13-6-8/h2-7H,1H3,(H,16,17)/b9-5-/t7-/m1/s1. The highest BCUT2D eigenvalue weighted by molar-refractivity contribution is 8.26. The lowest BCUT2D eigenvalue weighted by Gasteiger charge is -2.18. The molecule has 5 nitrogen and oxygen atoms in total. The summed E-state index contributed by atoms with van der Waals surface area (Å²) in [5, 5.41) is 8.96. The number of hydrogen-bond donors (Lipinski definition) is 1. The second kappa shape index (κ2) is 5.50. The van der Waals surface area contributed by atoms with E-state index in [9.17, 15) is 9.59 Å².